The first-order valence-corrected chi connectivity index (χ1v) is 15.2. The number of thiophene rings is 1. The van der Waals surface area contributed by atoms with E-state index in [1.165, 1.54) is 51.9 Å². The van der Waals surface area contributed by atoms with E-state index in [-0.39, 0.29) is 41.0 Å². The van der Waals surface area contributed by atoms with Crippen LogP contribution in [0.5, 0.6) is 0 Å². The number of carbonyl (C=O) groups is 3. The van der Waals surface area contributed by atoms with Crippen molar-refractivity contribution >= 4 is 44.3 Å². The summed E-state index contributed by atoms with van der Waals surface area (Å²) in [4.78, 5) is 40.4. The van der Waals surface area contributed by atoms with Crippen molar-refractivity contribution in [3.63, 3.8) is 0 Å². The molecule has 214 valence electrons. The average molecular weight is 580 g/mol. The van der Waals surface area contributed by atoms with Gasteiger partial charge < -0.3 is 19.7 Å². The predicted molar refractivity (Wildman–Crippen MR) is 150 cm³/mol. The normalized spacial score (nSPS) is 13.5. The summed E-state index contributed by atoms with van der Waals surface area (Å²) in [7, 11) is -2.42. The summed E-state index contributed by atoms with van der Waals surface area (Å²) in [6, 6.07) is 5.78. The van der Waals surface area contributed by atoms with Crippen LogP contribution >= 0.6 is 11.3 Å². The summed E-state index contributed by atoms with van der Waals surface area (Å²) < 4.78 is 38.2. The van der Waals surface area contributed by atoms with E-state index < -0.39 is 28.0 Å². The maximum absolute atomic E-state index is 13.3. The van der Waals surface area contributed by atoms with Crippen LogP contribution in [0.1, 0.15) is 65.8 Å². The van der Waals surface area contributed by atoms with Gasteiger partial charge in [0, 0.05) is 30.1 Å². The number of anilines is 1. The molecule has 1 aromatic carbocycles. The van der Waals surface area contributed by atoms with Crippen molar-refractivity contribution in [1.29, 1.82) is 0 Å². The highest BCUT2D eigenvalue weighted by molar-refractivity contribution is 7.89. The van der Waals surface area contributed by atoms with Gasteiger partial charge in [-0.3, -0.25) is 4.79 Å². The summed E-state index contributed by atoms with van der Waals surface area (Å²) in [5.74, 6) is -0.718. The summed E-state index contributed by atoms with van der Waals surface area (Å²) >= 11 is 1.21. The molecule has 2 heterocycles. The molecule has 0 atom stereocenters. The first-order chi connectivity index (χ1) is 18.4. The molecule has 1 aliphatic heterocycles. The third-order valence-corrected chi connectivity index (χ3v) is 9.07. The molecule has 2 aromatic rings. The van der Waals surface area contributed by atoms with Gasteiger partial charge in [-0.25, -0.2) is 18.0 Å². The number of nitrogens with zero attached hydrogens (tertiary/aromatic N) is 2. The van der Waals surface area contributed by atoms with Gasteiger partial charge in [-0.05, 0) is 55.0 Å². The number of fused-ring (bicyclic) bond motifs is 1. The Balaban J connectivity index is 1.86. The zero-order chi connectivity index (χ0) is 28.9. The Morgan fingerprint density at radius 2 is 1.69 bits per heavy atom. The quantitative estimate of drug-likeness (QED) is 0.408. The van der Waals surface area contributed by atoms with Gasteiger partial charge in [0.1, 0.15) is 5.00 Å². The Morgan fingerprint density at radius 1 is 1.08 bits per heavy atom. The lowest BCUT2D eigenvalue weighted by Gasteiger charge is -2.25. The molecule has 0 bridgehead atoms. The molecule has 1 aliphatic rings. The molecular weight excluding hydrogens is 542 g/mol. The highest BCUT2D eigenvalue weighted by Crippen LogP contribution is 2.38. The number of nitrogens with one attached hydrogen (secondary N) is 1. The summed E-state index contributed by atoms with van der Waals surface area (Å²) in [5, 5.41) is 3.12. The van der Waals surface area contributed by atoms with Gasteiger partial charge in [0.05, 0.1) is 30.7 Å². The second-order valence-corrected chi connectivity index (χ2v) is 13.2. The lowest BCUT2D eigenvalue weighted by molar-refractivity contribution is 0.0526. The maximum atomic E-state index is 13.3. The molecule has 0 aliphatic carbocycles. The second kappa shape index (κ2) is 12.9. The molecule has 12 heteroatoms. The zero-order valence-corrected chi connectivity index (χ0v) is 24.9. The molecule has 39 heavy (non-hydrogen) atoms. The fourth-order valence-electron chi connectivity index (χ4n) is 4.38. The number of ether oxygens (including phenoxy) is 2. The van der Waals surface area contributed by atoms with Gasteiger partial charge in [-0.2, -0.15) is 4.31 Å². The number of hydrogen-bond acceptors (Lipinski definition) is 8. The van der Waals surface area contributed by atoms with Crippen molar-refractivity contribution < 1.29 is 32.3 Å². The maximum Gasteiger partial charge on any atom is 0.409 e. The molecule has 1 N–H and O–H groups in total. The van der Waals surface area contributed by atoms with E-state index in [0.29, 0.717) is 31.1 Å². The Kier molecular flexibility index (Phi) is 10.1. The minimum Gasteiger partial charge on any atom is -0.462 e. The van der Waals surface area contributed by atoms with E-state index in [2.05, 4.69) is 5.32 Å². The highest BCUT2D eigenvalue weighted by Gasteiger charge is 2.32. The van der Waals surface area contributed by atoms with Crippen LogP contribution in [0, 0.1) is 11.8 Å². The molecule has 3 rings (SSSR count). The van der Waals surface area contributed by atoms with E-state index in [0.717, 1.165) is 10.4 Å². The molecule has 10 nitrogen and oxygen atoms in total. The molecule has 0 saturated carbocycles. The number of methoxy groups -OCH3 is 1. The lowest BCUT2D eigenvalue weighted by Crippen LogP contribution is -2.37. The van der Waals surface area contributed by atoms with Crippen molar-refractivity contribution in [2.24, 2.45) is 11.8 Å². The van der Waals surface area contributed by atoms with Gasteiger partial charge in [0.15, 0.2) is 0 Å². The minimum absolute atomic E-state index is 0.113. The molecule has 0 fully saturated rings. The third-order valence-electron chi connectivity index (χ3n) is 6.09. The molecule has 0 unspecified atom stereocenters. The van der Waals surface area contributed by atoms with E-state index >= 15 is 0 Å². The van der Waals surface area contributed by atoms with Gasteiger partial charge in [-0.1, -0.05) is 27.7 Å². The monoisotopic (exact) mass is 579 g/mol. The number of amides is 2. The van der Waals surface area contributed by atoms with Crippen molar-refractivity contribution in [3.05, 3.63) is 45.8 Å². The number of benzene rings is 1. The van der Waals surface area contributed by atoms with Gasteiger partial charge in [-0.15, -0.1) is 11.3 Å². The molecule has 0 radical (unpaired) electrons. The largest absolute Gasteiger partial charge is 0.462 e. The summed E-state index contributed by atoms with van der Waals surface area (Å²) in [6.45, 7) is 11.2. The number of carbonyl (C=O) groups excluding carboxylic acids is 3. The Bertz CT molecular complexity index is 1290. The molecule has 1 aromatic heterocycles. The van der Waals surface area contributed by atoms with Gasteiger partial charge in [0.25, 0.3) is 5.91 Å². The van der Waals surface area contributed by atoms with Crippen LogP contribution in [0.2, 0.25) is 0 Å². The van der Waals surface area contributed by atoms with Crippen molar-refractivity contribution in [2.75, 3.05) is 38.7 Å². The second-order valence-electron chi connectivity index (χ2n) is 10.2. The van der Waals surface area contributed by atoms with Crippen LogP contribution in [0.4, 0.5) is 9.80 Å². The topological polar surface area (TPSA) is 122 Å². The Morgan fingerprint density at radius 3 is 2.23 bits per heavy atom. The molecule has 0 spiro atoms. The number of hydrogen-bond donors (Lipinski definition) is 1. The fraction of sp³-hybridized carbons (Fsp3) is 0.519. The lowest BCUT2D eigenvalue weighted by atomic mass is 10.0. The van der Waals surface area contributed by atoms with Crippen LogP contribution in [-0.2, 0) is 32.5 Å². The van der Waals surface area contributed by atoms with Crippen LogP contribution < -0.4 is 5.32 Å². The summed E-state index contributed by atoms with van der Waals surface area (Å²) in [5.41, 5.74) is 1.27. The van der Waals surface area contributed by atoms with Crippen LogP contribution in [-0.4, -0.2) is 68.9 Å². The highest BCUT2D eigenvalue weighted by atomic mass is 32.2. The van der Waals surface area contributed by atoms with Crippen LogP contribution in [0.25, 0.3) is 0 Å². The fourth-order valence-corrected chi connectivity index (χ4v) is 7.40. The SMILES string of the molecule is CCOC(=O)c1c(NC(=O)c2ccc(S(=O)(=O)N(CC(C)C)CC(C)C)cc2)sc2c1CCN(C(=O)OC)C2. The molecular formula is C27H37N3O7S2. The Labute approximate surface area is 234 Å². The predicted octanol–water partition coefficient (Wildman–Crippen LogP) is 4.60. The van der Waals surface area contributed by atoms with E-state index in [1.807, 2.05) is 27.7 Å². The zero-order valence-electron chi connectivity index (χ0n) is 23.3. The van der Waals surface area contributed by atoms with Crippen LogP contribution in [0.15, 0.2) is 29.2 Å². The van der Waals surface area contributed by atoms with Crippen LogP contribution in [0.3, 0.4) is 0 Å². The average Bonchev–Trinajstić information content (AvgIpc) is 3.24. The van der Waals surface area contributed by atoms with Gasteiger partial charge >= 0.3 is 12.1 Å². The Hall–Kier alpha value is -2.96. The summed E-state index contributed by atoms with van der Waals surface area (Å²) in [6.07, 6.45) is -0.0477. The van der Waals surface area contributed by atoms with Crippen molar-refractivity contribution in [3.8, 4) is 0 Å². The minimum atomic E-state index is -3.73. The first kappa shape index (κ1) is 30.6. The standard InChI is InChI=1S/C27H37N3O7S2/c1-7-37-26(32)23-21-12-13-29(27(33)36-6)16-22(21)38-25(23)28-24(31)19-8-10-20(11-9-19)39(34,35)30(14-17(2)3)15-18(4)5/h8-11,17-18H,7,12-16H2,1-6H3,(H,28,31). The molecule has 2 amide bonds. The van der Waals surface area contributed by atoms with E-state index in [9.17, 15) is 22.8 Å². The van der Waals surface area contributed by atoms with E-state index in [4.69, 9.17) is 9.47 Å². The number of esters is 1. The third kappa shape index (κ3) is 7.17. The number of sulfonamides is 1. The van der Waals surface area contributed by atoms with Crippen molar-refractivity contribution in [1.82, 2.24) is 9.21 Å². The smallest absolute Gasteiger partial charge is 0.409 e. The van der Waals surface area contributed by atoms with Gasteiger partial charge in [0.2, 0.25) is 10.0 Å². The molecule has 0 saturated heterocycles. The first-order valence-electron chi connectivity index (χ1n) is 12.9. The van der Waals surface area contributed by atoms with Crippen molar-refractivity contribution in [2.45, 2.75) is 52.5 Å². The van der Waals surface area contributed by atoms with E-state index in [1.54, 1.807) is 6.92 Å². The number of rotatable bonds is 10.